The Morgan fingerprint density at radius 3 is 1.78 bits per heavy atom. The van der Waals surface area contributed by atoms with Crippen molar-refractivity contribution in [3.05, 3.63) is 173 Å². The minimum atomic E-state index is -1.34. The van der Waals surface area contributed by atoms with Gasteiger partial charge < -0.3 is 14.4 Å². The molecule has 7 rings (SSSR count). The third kappa shape index (κ3) is 4.92. The summed E-state index contributed by atoms with van der Waals surface area (Å²) in [5.74, 6) is 0.523. The van der Waals surface area contributed by atoms with E-state index >= 15 is 0 Å². The number of aromatic nitrogens is 2. The first-order chi connectivity index (χ1) is 22.2. The molecule has 1 unspecified atom stereocenters. The van der Waals surface area contributed by atoms with Crippen molar-refractivity contribution in [1.29, 1.82) is 0 Å². The Hall–Kier alpha value is -5.00. The summed E-state index contributed by atoms with van der Waals surface area (Å²) in [6, 6.07) is 43.9. The SMILES string of the molecule is CC(C)C(O)(c1ccc2cc(C3=NC(C)(C)CO3)ccc2c1)c1cn(C(c2ccccc2)(c2ccccc2)c2ccccc2)cn1. The minimum Gasteiger partial charge on any atom is -0.475 e. The molecule has 0 saturated carbocycles. The van der Waals surface area contributed by atoms with Gasteiger partial charge in [0.1, 0.15) is 17.7 Å². The highest BCUT2D eigenvalue weighted by molar-refractivity contribution is 5.99. The van der Waals surface area contributed by atoms with Gasteiger partial charge in [-0.2, -0.15) is 0 Å². The van der Waals surface area contributed by atoms with Gasteiger partial charge in [-0.05, 0) is 71.0 Å². The second-order valence-electron chi connectivity index (χ2n) is 13.2. The molecule has 5 heteroatoms. The zero-order valence-electron chi connectivity index (χ0n) is 26.8. The fourth-order valence-electron chi connectivity index (χ4n) is 6.81. The molecule has 0 bridgehead atoms. The summed E-state index contributed by atoms with van der Waals surface area (Å²) in [4.78, 5) is 9.72. The lowest BCUT2D eigenvalue weighted by Gasteiger charge is -2.37. The number of fused-ring (bicyclic) bond motifs is 1. The molecule has 1 aromatic heterocycles. The predicted octanol–water partition coefficient (Wildman–Crippen LogP) is 8.32. The molecule has 0 saturated heterocycles. The Labute approximate surface area is 270 Å². The molecular formula is C41H39N3O2. The summed E-state index contributed by atoms with van der Waals surface area (Å²) in [6.07, 6.45) is 3.89. The highest BCUT2D eigenvalue weighted by Gasteiger charge is 2.42. The fraction of sp³-hybridized carbons (Fsp3) is 0.220. The second kappa shape index (κ2) is 11.4. The van der Waals surface area contributed by atoms with Crippen molar-refractivity contribution >= 4 is 16.7 Å². The van der Waals surface area contributed by atoms with Crippen LogP contribution >= 0.6 is 0 Å². The van der Waals surface area contributed by atoms with E-state index in [1.54, 1.807) is 0 Å². The van der Waals surface area contributed by atoms with Gasteiger partial charge in [0.2, 0.25) is 5.90 Å². The normalized spacial score (nSPS) is 15.8. The van der Waals surface area contributed by atoms with Crippen LogP contribution in [0.15, 0.2) is 145 Å². The topological polar surface area (TPSA) is 59.6 Å². The zero-order valence-corrected chi connectivity index (χ0v) is 26.8. The number of benzene rings is 5. The van der Waals surface area contributed by atoms with E-state index in [-0.39, 0.29) is 11.5 Å². The third-order valence-electron chi connectivity index (χ3n) is 9.26. The quantitative estimate of drug-likeness (QED) is 0.178. The summed E-state index contributed by atoms with van der Waals surface area (Å²) in [7, 11) is 0. The van der Waals surface area contributed by atoms with Gasteiger partial charge in [0, 0.05) is 11.8 Å². The molecule has 1 atom stereocenters. The Balaban J connectivity index is 1.37. The van der Waals surface area contributed by atoms with Crippen LogP contribution in [-0.2, 0) is 15.9 Å². The zero-order chi connectivity index (χ0) is 31.9. The lowest BCUT2D eigenvalue weighted by molar-refractivity contribution is 0.0279. The van der Waals surface area contributed by atoms with Crippen LogP contribution < -0.4 is 0 Å². The molecule has 1 aliphatic heterocycles. The van der Waals surface area contributed by atoms with Gasteiger partial charge >= 0.3 is 0 Å². The summed E-state index contributed by atoms with van der Waals surface area (Å²) in [5, 5.41) is 14.7. The molecular weight excluding hydrogens is 566 g/mol. The molecule has 0 spiro atoms. The second-order valence-corrected chi connectivity index (χ2v) is 13.2. The van der Waals surface area contributed by atoms with Crippen molar-refractivity contribution in [2.45, 2.75) is 44.4 Å². The van der Waals surface area contributed by atoms with Gasteiger partial charge in [-0.1, -0.05) is 123 Å². The van der Waals surface area contributed by atoms with Crippen LogP contribution in [0.4, 0.5) is 0 Å². The van der Waals surface area contributed by atoms with Gasteiger partial charge in [0.05, 0.1) is 17.6 Å². The maximum absolute atomic E-state index is 12.7. The molecule has 6 aromatic rings. The van der Waals surface area contributed by atoms with Crippen LogP contribution in [-0.4, -0.2) is 32.7 Å². The Morgan fingerprint density at radius 2 is 1.26 bits per heavy atom. The number of aliphatic imine (C=N–C) groups is 1. The molecule has 0 aliphatic carbocycles. The van der Waals surface area contributed by atoms with Crippen LogP contribution in [0.1, 0.15) is 61.2 Å². The van der Waals surface area contributed by atoms with Gasteiger partial charge in [-0.3, -0.25) is 0 Å². The van der Waals surface area contributed by atoms with E-state index in [1.807, 2.05) is 56.7 Å². The van der Waals surface area contributed by atoms with Crippen molar-refractivity contribution in [3.63, 3.8) is 0 Å². The largest absolute Gasteiger partial charge is 0.475 e. The third-order valence-corrected chi connectivity index (χ3v) is 9.26. The Kier molecular flexibility index (Phi) is 7.37. The molecule has 46 heavy (non-hydrogen) atoms. The first kappa shape index (κ1) is 29.7. The van der Waals surface area contributed by atoms with Crippen molar-refractivity contribution in [3.8, 4) is 0 Å². The molecule has 1 N–H and O–H groups in total. The van der Waals surface area contributed by atoms with Crippen LogP contribution in [0.5, 0.6) is 0 Å². The van der Waals surface area contributed by atoms with Gasteiger partial charge in [-0.15, -0.1) is 0 Å². The first-order valence-electron chi connectivity index (χ1n) is 15.9. The summed E-state index contributed by atoms with van der Waals surface area (Å²) >= 11 is 0. The van der Waals surface area contributed by atoms with E-state index in [9.17, 15) is 5.11 Å². The number of hydrogen-bond donors (Lipinski definition) is 1. The van der Waals surface area contributed by atoms with Crippen LogP contribution in [0.2, 0.25) is 0 Å². The molecule has 0 radical (unpaired) electrons. The van der Waals surface area contributed by atoms with Crippen molar-refractivity contribution in [2.75, 3.05) is 6.61 Å². The number of aliphatic hydroxyl groups is 1. The van der Waals surface area contributed by atoms with E-state index in [4.69, 9.17) is 14.7 Å². The predicted molar refractivity (Wildman–Crippen MR) is 185 cm³/mol. The van der Waals surface area contributed by atoms with Crippen molar-refractivity contribution < 1.29 is 9.84 Å². The maximum Gasteiger partial charge on any atom is 0.216 e. The highest BCUT2D eigenvalue weighted by atomic mass is 16.5. The molecule has 2 heterocycles. The molecule has 1 aliphatic rings. The lowest BCUT2D eigenvalue weighted by atomic mass is 9.76. The monoisotopic (exact) mass is 605 g/mol. The number of hydrogen-bond acceptors (Lipinski definition) is 4. The van der Waals surface area contributed by atoms with Crippen LogP contribution in [0, 0.1) is 5.92 Å². The van der Waals surface area contributed by atoms with Crippen molar-refractivity contribution in [1.82, 2.24) is 9.55 Å². The van der Waals surface area contributed by atoms with E-state index in [0.717, 1.165) is 38.6 Å². The molecule has 5 aromatic carbocycles. The lowest BCUT2D eigenvalue weighted by Crippen LogP contribution is -2.37. The van der Waals surface area contributed by atoms with Gasteiger partial charge in [-0.25, -0.2) is 9.98 Å². The first-order valence-corrected chi connectivity index (χ1v) is 15.9. The molecule has 0 amide bonds. The van der Waals surface area contributed by atoms with Crippen LogP contribution in [0.3, 0.4) is 0 Å². The molecule has 230 valence electrons. The Morgan fingerprint density at radius 1 is 0.717 bits per heavy atom. The van der Waals surface area contributed by atoms with Gasteiger partial charge in [0.25, 0.3) is 0 Å². The summed E-state index contributed by atoms with van der Waals surface area (Å²) < 4.78 is 8.05. The van der Waals surface area contributed by atoms with E-state index in [0.29, 0.717) is 18.2 Å². The summed E-state index contributed by atoms with van der Waals surface area (Å²) in [5.41, 5.74) is 3.39. The molecule has 5 nitrogen and oxygen atoms in total. The smallest absolute Gasteiger partial charge is 0.216 e. The van der Waals surface area contributed by atoms with E-state index < -0.39 is 11.1 Å². The summed E-state index contributed by atoms with van der Waals surface area (Å²) in [6.45, 7) is 8.81. The average Bonchev–Trinajstić information content (AvgIpc) is 3.73. The van der Waals surface area contributed by atoms with Crippen LogP contribution in [0.25, 0.3) is 10.8 Å². The van der Waals surface area contributed by atoms with Gasteiger partial charge in [0.15, 0.2) is 0 Å². The number of nitrogens with zero attached hydrogens (tertiary/aromatic N) is 3. The highest BCUT2D eigenvalue weighted by Crippen LogP contribution is 2.43. The standard InChI is InChI=1S/C41H39N3O2/c1-29(2)41(45,36-23-22-30-24-32(21-20-31(30)25-36)38-43-39(3,4)27-46-38)37-26-44(28-42-37)40(33-14-8-5-9-15-33,34-16-10-6-11-17-34)35-18-12-7-13-19-35/h5-26,28-29,45H,27H2,1-4H3. The fourth-order valence-corrected chi connectivity index (χ4v) is 6.81. The number of ether oxygens (including phenoxy) is 1. The Bertz CT molecular complexity index is 1920. The average molecular weight is 606 g/mol. The minimum absolute atomic E-state index is 0.157. The number of rotatable bonds is 8. The maximum atomic E-state index is 12.7. The number of imidazole rings is 1. The van der Waals surface area contributed by atoms with Crippen molar-refractivity contribution in [2.24, 2.45) is 10.9 Å². The van der Waals surface area contributed by atoms with E-state index in [1.165, 1.54) is 0 Å². The van der Waals surface area contributed by atoms with E-state index in [2.05, 4.69) is 115 Å². The molecule has 0 fully saturated rings.